The van der Waals surface area contributed by atoms with Gasteiger partial charge in [0.25, 0.3) is 0 Å². The van der Waals surface area contributed by atoms with Gasteiger partial charge in [-0.1, -0.05) is 22.0 Å². The van der Waals surface area contributed by atoms with Crippen LogP contribution in [0.25, 0.3) is 0 Å². The maximum Gasteiger partial charge on any atom is 0.245 e. The topological polar surface area (TPSA) is 20.3 Å². The molecule has 0 saturated carbocycles. The highest BCUT2D eigenvalue weighted by Crippen LogP contribution is 1.98. The van der Waals surface area contributed by atoms with Crippen LogP contribution >= 0.6 is 15.9 Å². The number of carbonyl (C=O) groups excluding carboxylic acids is 1. The molecule has 1 amide bonds. The third-order valence-electron chi connectivity index (χ3n) is 0.945. The third kappa shape index (κ3) is 4.56. The predicted molar refractivity (Wildman–Crippen MR) is 46.2 cm³/mol. The van der Waals surface area contributed by atoms with E-state index >= 15 is 0 Å². The standard InChI is InChI=1S/C7H12BrNO/c1-6(8)4-5-7(10)9(2)3/h4-6H,1-3H3/b5-4+. The van der Waals surface area contributed by atoms with Crippen molar-refractivity contribution in [3.8, 4) is 0 Å². The lowest BCUT2D eigenvalue weighted by molar-refractivity contribution is -0.123. The average Bonchev–Trinajstić information content (AvgIpc) is 1.82. The lowest BCUT2D eigenvalue weighted by Gasteiger charge is -2.05. The summed E-state index contributed by atoms with van der Waals surface area (Å²) in [4.78, 5) is 12.7. The molecule has 0 aliphatic rings. The summed E-state index contributed by atoms with van der Waals surface area (Å²) in [6.45, 7) is 1.96. The molecule has 0 fully saturated rings. The SMILES string of the molecule is CC(Br)/C=C/C(=O)N(C)C. The summed E-state index contributed by atoms with van der Waals surface area (Å²) in [6.07, 6.45) is 3.36. The van der Waals surface area contributed by atoms with Crippen LogP contribution in [0.3, 0.4) is 0 Å². The fourth-order valence-corrected chi connectivity index (χ4v) is 0.517. The maximum absolute atomic E-state index is 10.9. The Hall–Kier alpha value is -0.310. The molecule has 0 radical (unpaired) electrons. The first-order chi connectivity index (χ1) is 4.54. The maximum atomic E-state index is 10.9. The van der Waals surface area contributed by atoms with E-state index in [-0.39, 0.29) is 10.7 Å². The van der Waals surface area contributed by atoms with E-state index in [0.29, 0.717) is 0 Å². The Morgan fingerprint density at radius 2 is 2.10 bits per heavy atom. The van der Waals surface area contributed by atoms with E-state index in [1.54, 1.807) is 20.2 Å². The van der Waals surface area contributed by atoms with Crippen LogP contribution in [0.2, 0.25) is 0 Å². The Morgan fingerprint density at radius 3 is 2.40 bits per heavy atom. The highest BCUT2D eigenvalue weighted by molar-refractivity contribution is 9.09. The monoisotopic (exact) mass is 205 g/mol. The fourth-order valence-electron chi connectivity index (χ4n) is 0.364. The number of carbonyl (C=O) groups is 1. The predicted octanol–water partition coefficient (Wildman–Crippen LogP) is 1.41. The number of rotatable bonds is 2. The molecule has 0 aromatic carbocycles. The molecule has 3 heteroatoms. The summed E-state index contributed by atoms with van der Waals surface area (Å²) in [6, 6.07) is 0. The Balaban J connectivity index is 3.79. The van der Waals surface area contributed by atoms with E-state index in [4.69, 9.17) is 0 Å². The van der Waals surface area contributed by atoms with Crippen LogP contribution < -0.4 is 0 Å². The lowest BCUT2D eigenvalue weighted by atomic mass is 10.4. The number of amides is 1. The number of hydrogen-bond donors (Lipinski definition) is 0. The number of likely N-dealkylation sites (N-methyl/N-ethyl adjacent to an activating group) is 1. The van der Waals surface area contributed by atoms with Gasteiger partial charge in [-0.15, -0.1) is 0 Å². The van der Waals surface area contributed by atoms with E-state index in [2.05, 4.69) is 15.9 Å². The van der Waals surface area contributed by atoms with Gasteiger partial charge in [-0.2, -0.15) is 0 Å². The minimum Gasteiger partial charge on any atom is -0.345 e. The van der Waals surface area contributed by atoms with Crippen molar-refractivity contribution in [2.45, 2.75) is 11.8 Å². The van der Waals surface area contributed by atoms with Gasteiger partial charge in [0.05, 0.1) is 0 Å². The Bertz CT molecular complexity index is 141. The Labute approximate surface area is 70.0 Å². The van der Waals surface area contributed by atoms with Crippen molar-refractivity contribution in [2.75, 3.05) is 14.1 Å². The van der Waals surface area contributed by atoms with Crippen molar-refractivity contribution in [3.63, 3.8) is 0 Å². The summed E-state index contributed by atoms with van der Waals surface area (Å²) in [5.74, 6) is 0.0197. The van der Waals surface area contributed by atoms with Crippen LogP contribution in [-0.2, 0) is 4.79 Å². The number of nitrogens with zero attached hydrogens (tertiary/aromatic N) is 1. The van der Waals surface area contributed by atoms with Crippen molar-refractivity contribution in [1.29, 1.82) is 0 Å². The van der Waals surface area contributed by atoms with Gasteiger partial charge >= 0.3 is 0 Å². The van der Waals surface area contributed by atoms with Crippen LogP contribution in [0, 0.1) is 0 Å². The molecular formula is C7H12BrNO. The molecular weight excluding hydrogens is 194 g/mol. The van der Waals surface area contributed by atoms with Crippen LogP contribution in [0.15, 0.2) is 12.2 Å². The van der Waals surface area contributed by atoms with Gasteiger partial charge in [0.2, 0.25) is 5.91 Å². The summed E-state index contributed by atoms with van der Waals surface area (Å²) in [5.41, 5.74) is 0. The van der Waals surface area contributed by atoms with E-state index in [9.17, 15) is 4.79 Å². The van der Waals surface area contributed by atoms with Crippen molar-refractivity contribution >= 4 is 21.8 Å². The van der Waals surface area contributed by atoms with Crippen LogP contribution in [0.4, 0.5) is 0 Å². The molecule has 1 atom stereocenters. The zero-order chi connectivity index (χ0) is 8.15. The van der Waals surface area contributed by atoms with Gasteiger partial charge < -0.3 is 4.90 Å². The summed E-state index contributed by atoms with van der Waals surface area (Å²) >= 11 is 3.29. The summed E-state index contributed by atoms with van der Waals surface area (Å²) < 4.78 is 0. The van der Waals surface area contributed by atoms with E-state index < -0.39 is 0 Å². The number of allylic oxidation sites excluding steroid dienone is 1. The molecule has 0 heterocycles. The van der Waals surface area contributed by atoms with Gasteiger partial charge in [-0.05, 0) is 6.92 Å². The normalized spacial score (nSPS) is 13.6. The first-order valence-corrected chi connectivity index (χ1v) is 3.99. The number of hydrogen-bond acceptors (Lipinski definition) is 1. The van der Waals surface area contributed by atoms with Crippen LogP contribution in [0.1, 0.15) is 6.92 Å². The largest absolute Gasteiger partial charge is 0.345 e. The molecule has 0 saturated heterocycles. The minimum atomic E-state index is 0.0197. The molecule has 1 unspecified atom stereocenters. The zero-order valence-electron chi connectivity index (χ0n) is 6.47. The third-order valence-corrected chi connectivity index (χ3v) is 1.25. The smallest absolute Gasteiger partial charge is 0.245 e. The first-order valence-electron chi connectivity index (χ1n) is 3.07. The first kappa shape index (κ1) is 9.69. The van der Waals surface area contributed by atoms with Crippen molar-refractivity contribution in [2.24, 2.45) is 0 Å². The molecule has 0 rings (SSSR count). The van der Waals surface area contributed by atoms with Crippen LogP contribution in [-0.4, -0.2) is 29.7 Å². The molecule has 0 aliphatic carbocycles. The quantitative estimate of drug-likeness (QED) is 0.494. The summed E-state index contributed by atoms with van der Waals surface area (Å²) in [7, 11) is 3.46. The molecule has 0 bridgehead atoms. The second-order valence-electron chi connectivity index (χ2n) is 2.27. The lowest BCUT2D eigenvalue weighted by Crippen LogP contribution is -2.18. The Morgan fingerprint density at radius 1 is 1.60 bits per heavy atom. The van der Waals surface area contributed by atoms with Crippen molar-refractivity contribution in [3.05, 3.63) is 12.2 Å². The van der Waals surface area contributed by atoms with Crippen molar-refractivity contribution in [1.82, 2.24) is 4.90 Å². The molecule has 0 aliphatic heterocycles. The molecule has 0 aromatic heterocycles. The van der Waals surface area contributed by atoms with Gasteiger partial charge in [-0.25, -0.2) is 0 Å². The number of halogens is 1. The molecule has 0 spiro atoms. The van der Waals surface area contributed by atoms with Gasteiger partial charge in [-0.3, -0.25) is 4.79 Å². The van der Waals surface area contributed by atoms with Gasteiger partial charge in [0, 0.05) is 25.0 Å². The average molecular weight is 206 g/mol. The highest BCUT2D eigenvalue weighted by Gasteiger charge is 1.96. The van der Waals surface area contributed by atoms with Crippen molar-refractivity contribution < 1.29 is 4.79 Å². The molecule has 0 N–H and O–H groups in total. The van der Waals surface area contributed by atoms with E-state index in [1.807, 2.05) is 13.0 Å². The molecule has 58 valence electrons. The molecule has 10 heavy (non-hydrogen) atoms. The highest BCUT2D eigenvalue weighted by atomic mass is 79.9. The van der Waals surface area contributed by atoms with Gasteiger partial charge in [0.1, 0.15) is 0 Å². The Kier molecular flexibility index (Phi) is 4.36. The zero-order valence-corrected chi connectivity index (χ0v) is 8.05. The number of alkyl halides is 1. The molecule has 0 aromatic rings. The fraction of sp³-hybridized carbons (Fsp3) is 0.571. The van der Waals surface area contributed by atoms with E-state index in [1.165, 1.54) is 4.90 Å². The second-order valence-corrected chi connectivity index (χ2v) is 3.71. The van der Waals surface area contributed by atoms with Crippen LogP contribution in [0.5, 0.6) is 0 Å². The molecule has 2 nitrogen and oxygen atoms in total. The van der Waals surface area contributed by atoms with Gasteiger partial charge in [0.15, 0.2) is 0 Å². The van der Waals surface area contributed by atoms with E-state index in [0.717, 1.165) is 0 Å². The minimum absolute atomic E-state index is 0.0197. The summed E-state index contributed by atoms with van der Waals surface area (Å²) in [5, 5.41) is 0. The second kappa shape index (κ2) is 4.50.